The van der Waals surface area contributed by atoms with Crippen LogP contribution in [0.5, 0.6) is 0 Å². The summed E-state index contributed by atoms with van der Waals surface area (Å²) in [7, 11) is 0. The van der Waals surface area contributed by atoms with Crippen LogP contribution in [0, 0.1) is 13.8 Å². The average Bonchev–Trinajstić information content (AvgIpc) is 2.71. The predicted octanol–water partition coefficient (Wildman–Crippen LogP) is 2.23. The number of rotatable bonds is 2. The van der Waals surface area contributed by atoms with Crippen LogP contribution in [-0.4, -0.2) is 15.2 Å². The van der Waals surface area contributed by atoms with Crippen LogP contribution < -0.4 is 5.73 Å². The summed E-state index contributed by atoms with van der Waals surface area (Å²) in [4.78, 5) is 4.42. The van der Waals surface area contributed by atoms with Gasteiger partial charge >= 0.3 is 0 Å². The van der Waals surface area contributed by atoms with E-state index in [0.717, 1.165) is 34.9 Å². The van der Waals surface area contributed by atoms with E-state index in [2.05, 4.69) is 22.1 Å². The van der Waals surface area contributed by atoms with Crippen molar-refractivity contribution in [3.05, 3.63) is 29.1 Å². The van der Waals surface area contributed by atoms with E-state index in [9.17, 15) is 0 Å². The summed E-state index contributed by atoms with van der Waals surface area (Å²) in [6.45, 7) is 6.15. The molecular formula is C12H16N4. The Balaban J connectivity index is 2.54. The summed E-state index contributed by atoms with van der Waals surface area (Å²) in [6.07, 6.45) is 0.855. The Hall–Kier alpha value is -1.84. The quantitative estimate of drug-likeness (QED) is 0.756. The van der Waals surface area contributed by atoms with Gasteiger partial charge in [-0.15, -0.1) is 0 Å². The molecule has 0 aliphatic carbocycles. The number of nitrogens with two attached hydrogens (primary N) is 1. The molecule has 0 fully saturated rings. The lowest BCUT2D eigenvalue weighted by Crippen LogP contribution is -1.94. The molecule has 4 heteroatoms. The molecule has 1 aromatic carbocycles. The minimum Gasteiger partial charge on any atom is -0.399 e. The fourth-order valence-electron chi connectivity index (χ4n) is 1.69. The van der Waals surface area contributed by atoms with Crippen LogP contribution in [0.1, 0.15) is 23.9 Å². The predicted molar refractivity (Wildman–Crippen MR) is 65.1 cm³/mol. The smallest absolute Gasteiger partial charge is 0.181 e. The van der Waals surface area contributed by atoms with Crippen LogP contribution in [0.4, 0.5) is 5.69 Å². The van der Waals surface area contributed by atoms with Gasteiger partial charge in [-0.05, 0) is 37.1 Å². The van der Waals surface area contributed by atoms with E-state index < -0.39 is 0 Å². The zero-order valence-corrected chi connectivity index (χ0v) is 9.83. The van der Waals surface area contributed by atoms with Gasteiger partial charge in [0.05, 0.1) is 0 Å². The van der Waals surface area contributed by atoms with Gasteiger partial charge in [0.25, 0.3) is 0 Å². The van der Waals surface area contributed by atoms with Crippen molar-refractivity contribution >= 4 is 5.69 Å². The highest BCUT2D eigenvalue weighted by molar-refractivity contribution is 5.67. The molecule has 1 aromatic heterocycles. The standard InChI is InChI=1S/C12H16N4/c1-4-11-14-12(16-15-11)10-6-9(13)5-7(2)8(10)3/h5-6H,4,13H2,1-3H3,(H,14,15,16). The zero-order valence-electron chi connectivity index (χ0n) is 9.83. The highest BCUT2D eigenvalue weighted by atomic mass is 15.2. The van der Waals surface area contributed by atoms with Crippen LogP contribution in [0.25, 0.3) is 11.4 Å². The number of nitrogens with zero attached hydrogens (tertiary/aromatic N) is 2. The number of H-pyrrole nitrogens is 1. The van der Waals surface area contributed by atoms with Crippen LogP contribution in [-0.2, 0) is 6.42 Å². The minimum atomic E-state index is 0.727. The number of aromatic amines is 1. The van der Waals surface area contributed by atoms with Gasteiger partial charge in [0.15, 0.2) is 5.82 Å². The SMILES string of the molecule is CCc1nc(-c2cc(N)cc(C)c2C)n[nH]1. The highest BCUT2D eigenvalue weighted by Crippen LogP contribution is 2.25. The lowest BCUT2D eigenvalue weighted by atomic mass is 10.0. The van der Waals surface area contributed by atoms with Gasteiger partial charge < -0.3 is 5.73 Å². The highest BCUT2D eigenvalue weighted by Gasteiger charge is 2.10. The third-order valence-electron chi connectivity index (χ3n) is 2.80. The monoisotopic (exact) mass is 216 g/mol. The van der Waals surface area contributed by atoms with Gasteiger partial charge in [-0.3, -0.25) is 5.10 Å². The number of nitrogen functional groups attached to an aromatic ring is 1. The molecule has 3 N–H and O–H groups in total. The maximum absolute atomic E-state index is 5.84. The summed E-state index contributed by atoms with van der Waals surface area (Å²) in [6, 6.07) is 3.89. The number of aryl methyl sites for hydroxylation is 2. The van der Waals surface area contributed by atoms with Crippen molar-refractivity contribution in [2.75, 3.05) is 5.73 Å². The van der Waals surface area contributed by atoms with Gasteiger partial charge in [-0.2, -0.15) is 5.10 Å². The van der Waals surface area contributed by atoms with Gasteiger partial charge in [-0.25, -0.2) is 4.98 Å². The number of anilines is 1. The Kier molecular flexibility index (Phi) is 2.64. The molecule has 0 atom stereocenters. The molecule has 2 rings (SSSR count). The first-order chi connectivity index (χ1) is 7.61. The van der Waals surface area contributed by atoms with Crippen molar-refractivity contribution in [2.24, 2.45) is 0 Å². The third kappa shape index (κ3) is 1.78. The first-order valence-electron chi connectivity index (χ1n) is 5.40. The number of nitrogens with one attached hydrogen (secondary N) is 1. The minimum absolute atomic E-state index is 0.727. The van der Waals surface area contributed by atoms with E-state index in [4.69, 9.17) is 5.73 Å². The van der Waals surface area contributed by atoms with Crippen molar-refractivity contribution in [3.8, 4) is 11.4 Å². The average molecular weight is 216 g/mol. The Labute approximate surface area is 94.9 Å². The Bertz CT molecular complexity index is 514. The Morgan fingerprint density at radius 3 is 2.69 bits per heavy atom. The van der Waals surface area contributed by atoms with E-state index in [1.54, 1.807) is 0 Å². The molecule has 0 aliphatic rings. The van der Waals surface area contributed by atoms with Crippen molar-refractivity contribution in [2.45, 2.75) is 27.2 Å². The number of hydrogen-bond donors (Lipinski definition) is 2. The summed E-state index contributed by atoms with van der Waals surface area (Å²) in [5.74, 6) is 1.62. The summed E-state index contributed by atoms with van der Waals surface area (Å²) < 4.78 is 0. The molecule has 0 saturated carbocycles. The number of benzene rings is 1. The number of hydrogen-bond acceptors (Lipinski definition) is 3. The largest absolute Gasteiger partial charge is 0.399 e. The van der Waals surface area contributed by atoms with Gasteiger partial charge in [0.2, 0.25) is 0 Å². The lowest BCUT2D eigenvalue weighted by Gasteiger charge is -2.06. The molecule has 0 spiro atoms. The molecule has 0 bridgehead atoms. The molecule has 2 aromatic rings. The van der Waals surface area contributed by atoms with Crippen LogP contribution in [0.2, 0.25) is 0 Å². The van der Waals surface area contributed by atoms with Crippen molar-refractivity contribution < 1.29 is 0 Å². The van der Waals surface area contributed by atoms with E-state index in [0.29, 0.717) is 0 Å². The van der Waals surface area contributed by atoms with Crippen molar-refractivity contribution in [3.63, 3.8) is 0 Å². The Morgan fingerprint density at radius 1 is 1.31 bits per heavy atom. The van der Waals surface area contributed by atoms with Gasteiger partial charge in [0.1, 0.15) is 5.82 Å². The Morgan fingerprint density at radius 2 is 2.06 bits per heavy atom. The topological polar surface area (TPSA) is 67.6 Å². The molecule has 1 heterocycles. The summed E-state index contributed by atoms with van der Waals surface area (Å²) in [5, 5.41) is 7.13. The van der Waals surface area contributed by atoms with Crippen LogP contribution in [0.3, 0.4) is 0 Å². The second-order valence-corrected chi connectivity index (χ2v) is 3.97. The first kappa shape index (κ1) is 10.7. The molecule has 0 amide bonds. The number of aromatic nitrogens is 3. The second kappa shape index (κ2) is 3.96. The molecule has 84 valence electrons. The van der Waals surface area contributed by atoms with E-state index in [1.165, 1.54) is 5.56 Å². The molecule has 0 saturated heterocycles. The van der Waals surface area contributed by atoms with Crippen molar-refractivity contribution in [1.82, 2.24) is 15.2 Å². The normalized spacial score (nSPS) is 10.7. The lowest BCUT2D eigenvalue weighted by molar-refractivity contribution is 0.946. The second-order valence-electron chi connectivity index (χ2n) is 3.97. The van der Waals surface area contributed by atoms with Gasteiger partial charge in [-0.1, -0.05) is 6.92 Å². The molecule has 0 radical (unpaired) electrons. The molecular weight excluding hydrogens is 200 g/mol. The fourth-order valence-corrected chi connectivity index (χ4v) is 1.69. The van der Waals surface area contributed by atoms with Crippen molar-refractivity contribution in [1.29, 1.82) is 0 Å². The zero-order chi connectivity index (χ0) is 11.7. The maximum atomic E-state index is 5.84. The fraction of sp³-hybridized carbons (Fsp3) is 0.333. The van der Waals surface area contributed by atoms with Gasteiger partial charge in [0, 0.05) is 17.7 Å². The van der Waals surface area contributed by atoms with E-state index in [-0.39, 0.29) is 0 Å². The first-order valence-corrected chi connectivity index (χ1v) is 5.40. The van der Waals surface area contributed by atoms with E-state index in [1.807, 2.05) is 26.0 Å². The van der Waals surface area contributed by atoms with E-state index >= 15 is 0 Å². The molecule has 0 unspecified atom stereocenters. The maximum Gasteiger partial charge on any atom is 0.181 e. The molecule has 4 nitrogen and oxygen atoms in total. The molecule has 16 heavy (non-hydrogen) atoms. The summed E-state index contributed by atoms with van der Waals surface area (Å²) in [5.41, 5.74) is 9.94. The molecule has 0 aliphatic heterocycles. The third-order valence-corrected chi connectivity index (χ3v) is 2.80. The summed E-state index contributed by atoms with van der Waals surface area (Å²) >= 11 is 0. The van der Waals surface area contributed by atoms with Crippen LogP contribution >= 0.6 is 0 Å². The van der Waals surface area contributed by atoms with Crippen LogP contribution in [0.15, 0.2) is 12.1 Å².